The molecule has 0 bridgehead atoms. The molecule has 0 amide bonds. The molecule has 0 radical (unpaired) electrons. The quantitative estimate of drug-likeness (QED) is 0.473. The van der Waals surface area contributed by atoms with Gasteiger partial charge in [0.15, 0.2) is 0 Å². The fraction of sp³-hybridized carbons (Fsp3) is 0.125. The van der Waals surface area contributed by atoms with Crippen LogP contribution in [0.1, 0.15) is 5.56 Å². The summed E-state index contributed by atoms with van der Waals surface area (Å²) in [6.07, 6.45) is 1.20. The zero-order valence-electron chi connectivity index (χ0n) is 6.79. The number of hydrogen-bond acceptors (Lipinski definition) is 3. The summed E-state index contributed by atoms with van der Waals surface area (Å²) < 4.78 is 4.99. The minimum absolute atomic E-state index is 0.380. The van der Waals surface area contributed by atoms with E-state index >= 15 is 0 Å². The van der Waals surface area contributed by atoms with Crippen molar-refractivity contribution >= 4 is 29.4 Å². The van der Waals surface area contributed by atoms with E-state index in [2.05, 4.69) is 5.16 Å². The number of halogens is 2. The molecule has 0 aliphatic carbocycles. The summed E-state index contributed by atoms with van der Waals surface area (Å²) in [5.74, 6) is 0.434. The lowest BCUT2D eigenvalue weighted by molar-refractivity contribution is 0.321. The van der Waals surface area contributed by atoms with Crippen LogP contribution in [0.2, 0.25) is 10.0 Å². The molecular formula is C8H7Cl2NO2. The van der Waals surface area contributed by atoms with Gasteiger partial charge in [-0.3, -0.25) is 0 Å². The Morgan fingerprint density at radius 3 is 2.69 bits per heavy atom. The number of rotatable bonds is 2. The fourth-order valence-corrected chi connectivity index (χ4v) is 1.54. The molecule has 13 heavy (non-hydrogen) atoms. The Kier molecular flexibility index (Phi) is 3.39. The highest BCUT2D eigenvalue weighted by atomic mass is 35.5. The Balaban J connectivity index is 3.29. The van der Waals surface area contributed by atoms with E-state index in [1.165, 1.54) is 13.3 Å². The van der Waals surface area contributed by atoms with Crippen molar-refractivity contribution in [3.63, 3.8) is 0 Å². The van der Waals surface area contributed by atoms with Crippen LogP contribution in [0.3, 0.4) is 0 Å². The second-order valence-electron chi connectivity index (χ2n) is 2.25. The lowest BCUT2D eigenvalue weighted by Gasteiger charge is -2.06. The number of nitrogens with zero attached hydrogens (tertiary/aromatic N) is 1. The molecule has 1 rings (SSSR count). The van der Waals surface area contributed by atoms with Crippen LogP contribution >= 0.6 is 23.2 Å². The summed E-state index contributed by atoms with van der Waals surface area (Å²) >= 11 is 11.5. The highest BCUT2D eigenvalue weighted by Crippen LogP contribution is 2.30. The summed E-state index contributed by atoms with van der Waals surface area (Å²) in [5.41, 5.74) is 0.530. The Bertz CT molecular complexity index is 339. The van der Waals surface area contributed by atoms with E-state index in [-0.39, 0.29) is 0 Å². The Hall–Kier alpha value is -0.930. The first kappa shape index (κ1) is 10.2. The van der Waals surface area contributed by atoms with E-state index in [4.69, 9.17) is 33.1 Å². The minimum atomic E-state index is 0.380. The van der Waals surface area contributed by atoms with Crippen molar-refractivity contribution < 1.29 is 9.94 Å². The van der Waals surface area contributed by atoms with Gasteiger partial charge in [-0.15, -0.1) is 0 Å². The van der Waals surface area contributed by atoms with Gasteiger partial charge in [0.1, 0.15) is 5.75 Å². The molecule has 0 heterocycles. The number of ether oxygens (including phenoxy) is 1. The van der Waals surface area contributed by atoms with Crippen molar-refractivity contribution in [2.75, 3.05) is 7.11 Å². The Labute approximate surface area is 85.5 Å². The number of hydrogen-bond donors (Lipinski definition) is 1. The zero-order valence-corrected chi connectivity index (χ0v) is 8.30. The van der Waals surface area contributed by atoms with Crippen molar-refractivity contribution in [1.82, 2.24) is 0 Å². The maximum absolute atomic E-state index is 8.35. The lowest BCUT2D eigenvalue weighted by atomic mass is 10.2. The van der Waals surface area contributed by atoms with Crippen LogP contribution in [0.4, 0.5) is 0 Å². The second-order valence-corrected chi connectivity index (χ2v) is 3.10. The summed E-state index contributed by atoms with van der Waals surface area (Å²) in [6, 6.07) is 3.14. The van der Waals surface area contributed by atoms with Crippen LogP contribution in [-0.2, 0) is 0 Å². The third-order valence-corrected chi connectivity index (χ3v) is 1.94. The van der Waals surface area contributed by atoms with Crippen LogP contribution in [0.25, 0.3) is 0 Å². The zero-order chi connectivity index (χ0) is 9.84. The monoisotopic (exact) mass is 219 g/mol. The van der Waals surface area contributed by atoms with E-state index in [0.717, 1.165) is 0 Å². The third kappa shape index (κ3) is 2.26. The molecule has 0 saturated heterocycles. The predicted molar refractivity (Wildman–Crippen MR) is 52.4 cm³/mol. The molecule has 1 N–H and O–H groups in total. The number of benzene rings is 1. The first-order chi connectivity index (χ1) is 6.19. The second kappa shape index (κ2) is 4.35. The van der Waals surface area contributed by atoms with E-state index in [1.807, 2.05) is 0 Å². The van der Waals surface area contributed by atoms with Crippen molar-refractivity contribution in [1.29, 1.82) is 0 Å². The third-order valence-electron chi connectivity index (χ3n) is 1.44. The molecule has 1 aromatic rings. The largest absolute Gasteiger partial charge is 0.495 e. The van der Waals surface area contributed by atoms with Crippen molar-refractivity contribution in [3.8, 4) is 5.75 Å². The average molecular weight is 220 g/mol. The van der Waals surface area contributed by atoms with E-state index in [9.17, 15) is 0 Å². The SMILES string of the molecule is COc1c(Cl)cc(Cl)cc1/C=N/O. The van der Waals surface area contributed by atoms with E-state index in [0.29, 0.717) is 21.4 Å². The van der Waals surface area contributed by atoms with Gasteiger partial charge in [-0.1, -0.05) is 28.4 Å². The highest BCUT2D eigenvalue weighted by Gasteiger charge is 2.07. The van der Waals surface area contributed by atoms with Crippen LogP contribution in [0.15, 0.2) is 17.3 Å². The molecule has 0 spiro atoms. The van der Waals surface area contributed by atoms with Gasteiger partial charge in [0.05, 0.1) is 18.3 Å². The van der Waals surface area contributed by atoms with Crippen molar-refractivity contribution in [2.45, 2.75) is 0 Å². The van der Waals surface area contributed by atoms with Crippen LogP contribution in [-0.4, -0.2) is 18.5 Å². The van der Waals surface area contributed by atoms with Gasteiger partial charge >= 0.3 is 0 Å². The molecule has 0 aliphatic heterocycles. The maximum Gasteiger partial charge on any atom is 0.146 e. The van der Waals surface area contributed by atoms with Gasteiger partial charge < -0.3 is 9.94 Å². The summed E-state index contributed by atoms with van der Waals surface area (Å²) in [4.78, 5) is 0. The highest BCUT2D eigenvalue weighted by molar-refractivity contribution is 6.36. The summed E-state index contributed by atoms with van der Waals surface area (Å²) in [5, 5.41) is 12.1. The fourth-order valence-electron chi connectivity index (χ4n) is 0.954. The number of methoxy groups -OCH3 is 1. The molecule has 3 nitrogen and oxygen atoms in total. The molecule has 0 unspecified atom stereocenters. The van der Waals surface area contributed by atoms with Gasteiger partial charge in [0.25, 0.3) is 0 Å². The molecule has 0 atom stereocenters. The van der Waals surface area contributed by atoms with Crippen molar-refractivity contribution in [2.24, 2.45) is 5.16 Å². The molecule has 0 aliphatic rings. The Morgan fingerprint density at radius 2 is 2.15 bits per heavy atom. The lowest BCUT2D eigenvalue weighted by Crippen LogP contribution is -1.92. The van der Waals surface area contributed by atoms with Gasteiger partial charge in [-0.2, -0.15) is 0 Å². The number of oxime groups is 1. The first-order valence-corrected chi connectivity index (χ1v) is 4.15. The topological polar surface area (TPSA) is 41.8 Å². The van der Waals surface area contributed by atoms with E-state index < -0.39 is 0 Å². The van der Waals surface area contributed by atoms with Gasteiger partial charge in [0.2, 0.25) is 0 Å². The van der Waals surface area contributed by atoms with Gasteiger partial charge in [-0.25, -0.2) is 0 Å². The van der Waals surface area contributed by atoms with Crippen LogP contribution in [0, 0.1) is 0 Å². The predicted octanol–water partition coefficient (Wildman–Crippen LogP) is 2.81. The minimum Gasteiger partial charge on any atom is -0.495 e. The van der Waals surface area contributed by atoms with Crippen LogP contribution in [0.5, 0.6) is 5.75 Å². The first-order valence-electron chi connectivity index (χ1n) is 3.39. The molecule has 0 aromatic heterocycles. The summed E-state index contributed by atoms with van der Waals surface area (Å²) in [6.45, 7) is 0. The molecule has 0 fully saturated rings. The molecular weight excluding hydrogens is 213 g/mol. The molecule has 0 saturated carbocycles. The van der Waals surface area contributed by atoms with E-state index in [1.54, 1.807) is 12.1 Å². The van der Waals surface area contributed by atoms with Gasteiger partial charge in [-0.05, 0) is 12.1 Å². The van der Waals surface area contributed by atoms with Crippen LogP contribution < -0.4 is 4.74 Å². The molecule has 5 heteroatoms. The van der Waals surface area contributed by atoms with Gasteiger partial charge in [0, 0.05) is 10.6 Å². The smallest absolute Gasteiger partial charge is 0.146 e. The maximum atomic E-state index is 8.35. The summed E-state index contributed by atoms with van der Waals surface area (Å²) in [7, 11) is 1.48. The molecule has 70 valence electrons. The average Bonchev–Trinajstić information content (AvgIpc) is 2.04. The molecule has 1 aromatic carbocycles. The Morgan fingerprint density at radius 1 is 1.46 bits per heavy atom. The standard InChI is InChI=1S/C8H7Cl2NO2/c1-13-8-5(4-11-12)2-6(9)3-7(8)10/h2-4,12H,1H3/b11-4+. The normalized spacial score (nSPS) is 10.7. The van der Waals surface area contributed by atoms with Crippen molar-refractivity contribution in [3.05, 3.63) is 27.7 Å².